The van der Waals surface area contributed by atoms with Gasteiger partial charge in [0.25, 0.3) is 11.6 Å². The molecule has 2 rings (SSSR count). The van der Waals surface area contributed by atoms with Crippen LogP contribution in [-0.2, 0) is 0 Å². The number of nitro groups is 1. The second-order valence-corrected chi connectivity index (χ2v) is 5.93. The van der Waals surface area contributed by atoms with E-state index in [1.54, 1.807) is 4.90 Å². The summed E-state index contributed by atoms with van der Waals surface area (Å²) >= 11 is 2.93. The molecule has 0 aliphatic heterocycles. The first-order valence-electron chi connectivity index (χ1n) is 6.29. The molecule has 1 fully saturated rings. The lowest BCUT2D eigenvalue weighted by Crippen LogP contribution is -2.39. The van der Waals surface area contributed by atoms with Gasteiger partial charge in [-0.1, -0.05) is 0 Å². The predicted molar refractivity (Wildman–Crippen MR) is 75.1 cm³/mol. The molecule has 7 heteroatoms. The Hall–Kier alpha value is -1.50. The monoisotopic (exact) mass is 344 g/mol. The largest absolute Gasteiger partial charge is 0.333 e. The van der Waals surface area contributed by atoms with E-state index in [0.29, 0.717) is 0 Å². The Bertz CT molecular complexity index is 571. The van der Waals surface area contributed by atoms with Crippen LogP contribution in [0.25, 0.3) is 0 Å². The van der Waals surface area contributed by atoms with Crippen molar-refractivity contribution in [2.45, 2.75) is 38.8 Å². The van der Waals surface area contributed by atoms with E-state index in [9.17, 15) is 19.3 Å². The molecule has 0 saturated heterocycles. The molecule has 0 bridgehead atoms. The number of carbonyl (C=O) groups excluding carboxylic acids is 1. The number of hydrogen-bond donors (Lipinski definition) is 0. The van der Waals surface area contributed by atoms with Crippen molar-refractivity contribution in [3.8, 4) is 0 Å². The molecule has 0 spiro atoms. The first-order valence-corrected chi connectivity index (χ1v) is 7.08. The minimum Gasteiger partial charge on any atom is -0.333 e. The first kappa shape index (κ1) is 14.9. The van der Waals surface area contributed by atoms with E-state index < -0.39 is 16.6 Å². The number of benzene rings is 1. The Kier molecular flexibility index (Phi) is 4.08. The van der Waals surface area contributed by atoms with Crippen molar-refractivity contribution < 1.29 is 14.1 Å². The third-order valence-corrected chi connectivity index (χ3v) is 3.83. The standard InChI is InChI=1S/C13H14BrFN2O3/c1-7(2)16(8-3-4-8)13(18)9-5-12(17(19)20)10(14)6-11(9)15/h5-8H,3-4H2,1-2H3. The summed E-state index contributed by atoms with van der Waals surface area (Å²) in [6, 6.07) is 2.01. The Labute approximate surface area is 124 Å². The van der Waals surface area contributed by atoms with Gasteiger partial charge in [-0.15, -0.1) is 0 Å². The highest BCUT2D eigenvalue weighted by molar-refractivity contribution is 9.10. The van der Waals surface area contributed by atoms with Crippen molar-refractivity contribution in [1.82, 2.24) is 4.90 Å². The number of carbonyl (C=O) groups is 1. The summed E-state index contributed by atoms with van der Waals surface area (Å²) in [5.74, 6) is -1.24. The van der Waals surface area contributed by atoms with E-state index in [1.807, 2.05) is 13.8 Å². The Balaban J connectivity index is 2.43. The Morgan fingerprint density at radius 2 is 2.10 bits per heavy atom. The van der Waals surface area contributed by atoms with E-state index in [1.165, 1.54) is 0 Å². The number of halogens is 2. The summed E-state index contributed by atoms with van der Waals surface area (Å²) < 4.78 is 14.0. The molecule has 5 nitrogen and oxygen atoms in total. The highest BCUT2D eigenvalue weighted by atomic mass is 79.9. The minimum absolute atomic E-state index is 0.0269. The predicted octanol–water partition coefficient (Wildman–Crippen LogP) is 3.51. The molecule has 20 heavy (non-hydrogen) atoms. The topological polar surface area (TPSA) is 63.5 Å². The summed E-state index contributed by atoms with van der Waals surface area (Å²) in [5, 5.41) is 10.9. The van der Waals surface area contributed by atoms with Gasteiger partial charge in [0.15, 0.2) is 0 Å². The fourth-order valence-electron chi connectivity index (χ4n) is 2.16. The van der Waals surface area contributed by atoms with Crippen LogP contribution >= 0.6 is 15.9 Å². The summed E-state index contributed by atoms with van der Waals surface area (Å²) in [4.78, 5) is 24.3. The van der Waals surface area contributed by atoms with Gasteiger partial charge in [-0.3, -0.25) is 14.9 Å². The zero-order valence-electron chi connectivity index (χ0n) is 11.1. The average Bonchev–Trinajstić information content (AvgIpc) is 3.12. The van der Waals surface area contributed by atoms with E-state index >= 15 is 0 Å². The first-order chi connectivity index (χ1) is 9.32. The molecule has 1 aliphatic carbocycles. The van der Waals surface area contributed by atoms with Crippen molar-refractivity contribution in [2.75, 3.05) is 0 Å². The van der Waals surface area contributed by atoms with E-state index in [4.69, 9.17) is 0 Å². The number of nitrogens with zero attached hydrogens (tertiary/aromatic N) is 2. The van der Waals surface area contributed by atoms with E-state index in [0.717, 1.165) is 25.0 Å². The van der Waals surface area contributed by atoms with Crippen LogP contribution in [0.1, 0.15) is 37.0 Å². The molecule has 0 radical (unpaired) electrons. The quantitative estimate of drug-likeness (QED) is 0.620. The van der Waals surface area contributed by atoms with Crippen LogP contribution in [0.3, 0.4) is 0 Å². The number of rotatable bonds is 4. The maximum absolute atomic E-state index is 14.0. The van der Waals surface area contributed by atoms with Gasteiger partial charge in [0.1, 0.15) is 5.82 Å². The molecular formula is C13H14BrFN2O3. The molecular weight excluding hydrogens is 331 g/mol. The molecule has 0 atom stereocenters. The molecule has 1 aromatic rings. The molecule has 0 N–H and O–H groups in total. The zero-order valence-corrected chi connectivity index (χ0v) is 12.7. The van der Waals surface area contributed by atoms with Gasteiger partial charge in [0.2, 0.25) is 0 Å². The molecule has 1 amide bonds. The third-order valence-electron chi connectivity index (χ3n) is 3.19. The Morgan fingerprint density at radius 3 is 2.55 bits per heavy atom. The third kappa shape index (κ3) is 2.82. The van der Waals surface area contributed by atoms with Crippen LogP contribution in [0.5, 0.6) is 0 Å². The molecule has 1 saturated carbocycles. The van der Waals surface area contributed by atoms with Gasteiger partial charge in [0.05, 0.1) is 15.0 Å². The lowest BCUT2D eigenvalue weighted by molar-refractivity contribution is -0.385. The van der Waals surface area contributed by atoms with Gasteiger partial charge >= 0.3 is 0 Å². The van der Waals surface area contributed by atoms with Crippen LogP contribution < -0.4 is 0 Å². The summed E-state index contributed by atoms with van der Waals surface area (Å²) in [7, 11) is 0. The number of amides is 1. The molecule has 1 aromatic carbocycles. The number of hydrogen-bond acceptors (Lipinski definition) is 3. The highest BCUT2D eigenvalue weighted by Gasteiger charge is 2.36. The minimum atomic E-state index is -0.751. The number of nitro benzene ring substituents is 1. The molecule has 108 valence electrons. The second-order valence-electron chi connectivity index (χ2n) is 5.08. The lowest BCUT2D eigenvalue weighted by Gasteiger charge is -2.26. The lowest BCUT2D eigenvalue weighted by atomic mass is 10.1. The molecule has 0 aromatic heterocycles. The van der Waals surface area contributed by atoms with Gasteiger partial charge in [0, 0.05) is 18.2 Å². The van der Waals surface area contributed by atoms with Crippen molar-refractivity contribution >= 4 is 27.5 Å². The maximum Gasteiger partial charge on any atom is 0.284 e. The molecule has 1 aliphatic rings. The second kappa shape index (κ2) is 5.47. The van der Waals surface area contributed by atoms with Crippen molar-refractivity contribution in [1.29, 1.82) is 0 Å². The fourth-order valence-corrected chi connectivity index (χ4v) is 2.62. The summed E-state index contributed by atoms with van der Waals surface area (Å²) in [6.07, 6.45) is 1.79. The highest BCUT2D eigenvalue weighted by Crippen LogP contribution is 2.33. The van der Waals surface area contributed by atoms with Gasteiger partial charge in [-0.25, -0.2) is 4.39 Å². The SMILES string of the molecule is CC(C)N(C(=O)c1cc([N+](=O)[O-])c(Br)cc1F)C1CC1. The molecule has 0 unspecified atom stereocenters. The summed E-state index contributed by atoms with van der Waals surface area (Å²) in [6.45, 7) is 3.70. The normalized spacial score (nSPS) is 14.4. The van der Waals surface area contributed by atoms with Crippen LogP contribution in [0.4, 0.5) is 10.1 Å². The van der Waals surface area contributed by atoms with Crippen molar-refractivity contribution in [3.05, 3.63) is 38.1 Å². The zero-order chi connectivity index (χ0) is 15.0. The average molecular weight is 345 g/mol. The van der Waals surface area contributed by atoms with Crippen molar-refractivity contribution in [3.63, 3.8) is 0 Å². The van der Waals surface area contributed by atoms with Crippen LogP contribution in [0, 0.1) is 15.9 Å². The molecule has 0 heterocycles. The van der Waals surface area contributed by atoms with E-state index in [-0.39, 0.29) is 27.8 Å². The van der Waals surface area contributed by atoms with Crippen LogP contribution in [0.15, 0.2) is 16.6 Å². The van der Waals surface area contributed by atoms with Crippen molar-refractivity contribution in [2.24, 2.45) is 0 Å². The van der Waals surface area contributed by atoms with E-state index in [2.05, 4.69) is 15.9 Å². The van der Waals surface area contributed by atoms with Crippen LogP contribution in [0.2, 0.25) is 0 Å². The van der Waals surface area contributed by atoms with Gasteiger partial charge in [-0.2, -0.15) is 0 Å². The maximum atomic E-state index is 14.0. The van der Waals surface area contributed by atoms with Crippen LogP contribution in [-0.4, -0.2) is 27.8 Å². The van der Waals surface area contributed by atoms with Gasteiger partial charge in [-0.05, 0) is 48.7 Å². The fraction of sp³-hybridized carbons (Fsp3) is 0.462. The summed E-state index contributed by atoms with van der Waals surface area (Å²) in [5.41, 5.74) is -0.560. The Morgan fingerprint density at radius 1 is 1.50 bits per heavy atom. The van der Waals surface area contributed by atoms with Gasteiger partial charge < -0.3 is 4.90 Å². The smallest absolute Gasteiger partial charge is 0.284 e.